The first-order chi connectivity index (χ1) is 27.8. The number of nitrogens with one attached hydrogen (secondary N) is 4. The molecule has 0 saturated carbocycles. The van der Waals surface area contributed by atoms with Gasteiger partial charge in [-0.15, -0.1) is 0 Å². The number of anilines is 6. The van der Waals surface area contributed by atoms with E-state index in [2.05, 4.69) is 36.1 Å². The average Bonchev–Trinajstić information content (AvgIpc) is 3.64. The van der Waals surface area contributed by atoms with E-state index in [4.69, 9.17) is 0 Å². The first-order valence-electron chi connectivity index (χ1n) is 18.6. The number of carbonyl (C=O) groups excluding carboxylic acids is 6. The van der Waals surface area contributed by atoms with Crippen LogP contribution in [0.2, 0.25) is 0 Å². The number of benzene rings is 3. The van der Waals surface area contributed by atoms with Crippen LogP contribution in [0, 0.1) is 5.92 Å². The number of hydrogen-bond acceptors (Lipinski definition) is 11. The quantitative estimate of drug-likeness (QED) is 0.174. The Morgan fingerprint density at radius 1 is 0.914 bits per heavy atom. The van der Waals surface area contributed by atoms with Gasteiger partial charge in [0.15, 0.2) is 0 Å². The zero-order valence-electron chi connectivity index (χ0n) is 31.0. The van der Waals surface area contributed by atoms with Crippen LogP contribution in [-0.2, 0) is 27.0 Å². The Kier molecular flexibility index (Phi) is 9.78. The third-order valence-corrected chi connectivity index (χ3v) is 10.9. The predicted octanol–water partition coefficient (Wildman–Crippen LogP) is 4.55. The molecule has 298 valence electrons. The Labute approximate surface area is 329 Å². The van der Waals surface area contributed by atoms with E-state index in [-0.39, 0.29) is 59.4 Å². The number of piperidine rings is 2. The van der Waals surface area contributed by atoms with Crippen molar-refractivity contribution in [2.45, 2.75) is 44.3 Å². The number of rotatable bonds is 9. The molecule has 58 heavy (non-hydrogen) atoms. The van der Waals surface area contributed by atoms with Gasteiger partial charge in [-0.2, -0.15) is 18.2 Å². The highest BCUT2D eigenvalue weighted by Crippen LogP contribution is 2.38. The van der Waals surface area contributed by atoms with Crippen molar-refractivity contribution in [3.8, 4) is 0 Å². The molecule has 1 unspecified atom stereocenters. The number of carbonyl (C=O) groups is 6. The maximum Gasteiger partial charge on any atom is 0.421 e. The number of para-hydroxylation sites is 1. The SMILES string of the molecule is CNC(=O)c1ccccc1Nc1nc(Nc2ccc3c(c2)CC(=O)N3CC2CCN(c3ccc4c(c3)C(=O)N(C3CCC(=O)NC3=O)C4=O)CC2)ncc1C(F)(F)F. The largest absolute Gasteiger partial charge is 0.421 e. The van der Waals surface area contributed by atoms with Crippen molar-refractivity contribution in [2.75, 3.05) is 47.1 Å². The second kappa shape index (κ2) is 14.9. The summed E-state index contributed by atoms with van der Waals surface area (Å²) in [5, 5.41) is 10.3. The van der Waals surface area contributed by atoms with Crippen molar-refractivity contribution >= 4 is 70.0 Å². The van der Waals surface area contributed by atoms with Crippen molar-refractivity contribution in [3.05, 3.63) is 94.7 Å². The summed E-state index contributed by atoms with van der Waals surface area (Å²) in [6.45, 7) is 1.77. The van der Waals surface area contributed by atoms with E-state index in [9.17, 15) is 41.9 Å². The highest BCUT2D eigenvalue weighted by atomic mass is 19.4. The Morgan fingerprint density at radius 3 is 2.41 bits per heavy atom. The van der Waals surface area contributed by atoms with Gasteiger partial charge in [-0.05, 0) is 79.3 Å². The third kappa shape index (κ3) is 7.16. The fourth-order valence-electron chi connectivity index (χ4n) is 7.87. The first-order valence-corrected chi connectivity index (χ1v) is 18.6. The number of amides is 6. The number of fused-ring (bicyclic) bond motifs is 2. The molecule has 8 rings (SSSR count). The van der Waals surface area contributed by atoms with Crippen molar-refractivity contribution in [1.82, 2.24) is 25.5 Å². The van der Waals surface area contributed by atoms with Gasteiger partial charge in [0.25, 0.3) is 17.7 Å². The van der Waals surface area contributed by atoms with Crippen LogP contribution in [0.1, 0.15) is 67.9 Å². The summed E-state index contributed by atoms with van der Waals surface area (Å²) in [6, 6.07) is 15.3. The molecule has 1 atom stereocenters. The number of nitrogens with zero attached hydrogens (tertiary/aromatic N) is 5. The van der Waals surface area contributed by atoms with Crippen LogP contribution in [0.4, 0.5) is 47.7 Å². The van der Waals surface area contributed by atoms with Gasteiger partial charge < -0.3 is 25.8 Å². The number of halogens is 3. The lowest BCUT2D eigenvalue weighted by Gasteiger charge is -2.35. The molecule has 0 spiro atoms. The van der Waals surface area contributed by atoms with Crippen molar-refractivity contribution in [3.63, 3.8) is 0 Å². The van der Waals surface area contributed by atoms with Gasteiger partial charge in [-0.25, -0.2) is 4.98 Å². The summed E-state index contributed by atoms with van der Waals surface area (Å²) in [6.07, 6.45) is -2.37. The van der Waals surface area contributed by atoms with E-state index < -0.39 is 53.1 Å². The van der Waals surface area contributed by atoms with Crippen LogP contribution in [0.3, 0.4) is 0 Å². The summed E-state index contributed by atoms with van der Waals surface area (Å²) in [5.41, 5.74) is 2.26. The van der Waals surface area contributed by atoms with Crippen LogP contribution in [0.15, 0.2) is 66.9 Å². The van der Waals surface area contributed by atoms with Gasteiger partial charge in [0.2, 0.25) is 23.7 Å². The van der Waals surface area contributed by atoms with Gasteiger partial charge in [0.1, 0.15) is 17.4 Å². The fourth-order valence-corrected chi connectivity index (χ4v) is 7.87. The maximum absolute atomic E-state index is 14.0. The molecule has 1 aromatic heterocycles. The normalized spacial score (nSPS) is 18.3. The molecule has 4 aromatic rings. The van der Waals surface area contributed by atoms with Gasteiger partial charge in [-0.3, -0.25) is 39.0 Å². The van der Waals surface area contributed by atoms with E-state index in [0.29, 0.717) is 31.5 Å². The standard InChI is InChI=1S/C40H36F3N9O6/c1-44-35(55)26-4-2-3-5-29(26)47-34-28(40(41,42)43)19-45-39(49-34)46-23-6-9-30-22(16-23)17-33(54)51(30)20-21-12-14-50(15-13-21)24-7-8-25-27(18-24)38(58)52(37(25)57)31-10-11-32(53)48-36(31)56/h2-9,16,18-19,21,31H,10-15,17,20H2,1H3,(H,44,55)(H,48,53,56)(H2,45,46,47,49). The van der Waals surface area contributed by atoms with Crippen LogP contribution in [-0.4, -0.2) is 83.0 Å². The number of hydrogen-bond donors (Lipinski definition) is 4. The molecule has 2 fully saturated rings. The smallest absolute Gasteiger partial charge is 0.371 e. The maximum atomic E-state index is 14.0. The molecular formula is C40H36F3N9O6. The van der Waals surface area contributed by atoms with Crippen LogP contribution in [0.5, 0.6) is 0 Å². The van der Waals surface area contributed by atoms with Gasteiger partial charge in [-0.1, -0.05) is 12.1 Å². The molecule has 0 radical (unpaired) electrons. The van der Waals surface area contributed by atoms with Gasteiger partial charge in [0.05, 0.1) is 28.8 Å². The number of imide groups is 2. The van der Waals surface area contributed by atoms with Gasteiger partial charge in [0, 0.05) is 56.4 Å². The van der Waals surface area contributed by atoms with E-state index in [0.717, 1.165) is 34.7 Å². The molecule has 0 bridgehead atoms. The highest BCUT2D eigenvalue weighted by Gasteiger charge is 2.45. The lowest BCUT2D eigenvalue weighted by molar-refractivity contribution is -0.138. The summed E-state index contributed by atoms with van der Waals surface area (Å²) in [5.74, 6) is -3.31. The minimum absolute atomic E-state index is 0.0392. The molecule has 6 amide bonds. The number of alkyl halides is 3. The van der Waals surface area contributed by atoms with Crippen molar-refractivity contribution in [2.24, 2.45) is 5.92 Å². The molecule has 4 aliphatic rings. The predicted molar refractivity (Wildman–Crippen MR) is 204 cm³/mol. The van der Waals surface area contributed by atoms with Crippen LogP contribution in [0.25, 0.3) is 0 Å². The summed E-state index contributed by atoms with van der Waals surface area (Å²) in [7, 11) is 1.41. The minimum Gasteiger partial charge on any atom is -0.371 e. The highest BCUT2D eigenvalue weighted by molar-refractivity contribution is 6.23. The zero-order valence-corrected chi connectivity index (χ0v) is 31.0. The van der Waals surface area contributed by atoms with Crippen LogP contribution < -0.4 is 31.1 Å². The molecule has 18 heteroatoms. The van der Waals surface area contributed by atoms with Crippen LogP contribution >= 0.6 is 0 Å². The minimum atomic E-state index is -4.79. The zero-order chi connectivity index (χ0) is 40.9. The second-order valence-corrected chi connectivity index (χ2v) is 14.5. The monoisotopic (exact) mass is 795 g/mol. The van der Waals surface area contributed by atoms with E-state index in [1.54, 1.807) is 53.4 Å². The molecule has 3 aromatic carbocycles. The topological polar surface area (TPSA) is 186 Å². The van der Waals surface area contributed by atoms with Crippen molar-refractivity contribution in [1.29, 1.82) is 0 Å². The lowest BCUT2D eigenvalue weighted by atomic mass is 9.95. The molecular weight excluding hydrogens is 759 g/mol. The molecule has 2 saturated heterocycles. The lowest BCUT2D eigenvalue weighted by Crippen LogP contribution is -2.54. The second-order valence-electron chi connectivity index (χ2n) is 14.5. The first kappa shape index (κ1) is 38.0. The Bertz CT molecular complexity index is 2400. The van der Waals surface area contributed by atoms with E-state index in [1.165, 1.54) is 19.2 Å². The summed E-state index contributed by atoms with van der Waals surface area (Å²) < 4.78 is 41.9. The van der Waals surface area contributed by atoms with E-state index >= 15 is 0 Å². The Morgan fingerprint density at radius 2 is 1.67 bits per heavy atom. The molecule has 0 aliphatic carbocycles. The third-order valence-electron chi connectivity index (χ3n) is 10.9. The fraction of sp³-hybridized carbons (Fsp3) is 0.300. The molecule has 4 aliphatic heterocycles. The number of aromatic nitrogens is 2. The van der Waals surface area contributed by atoms with E-state index in [1.807, 2.05) is 0 Å². The van der Waals surface area contributed by atoms with Gasteiger partial charge >= 0.3 is 6.18 Å². The average molecular weight is 796 g/mol. The van der Waals surface area contributed by atoms with Crippen molar-refractivity contribution < 1.29 is 41.9 Å². The molecule has 5 heterocycles. The summed E-state index contributed by atoms with van der Waals surface area (Å²) >= 11 is 0. The Balaban J connectivity index is 0.915. The molecule has 15 nitrogen and oxygen atoms in total. The molecule has 4 N–H and O–H groups in total. The summed E-state index contributed by atoms with van der Waals surface area (Å²) in [4.78, 5) is 89.0. The Hall–Kier alpha value is -6.85.